The van der Waals surface area contributed by atoms with E-state index in [2.05, 4.69) is 5.32 Å². The smallest absolute Gasteiger partial charge is 0.264 e. The first-order chi connectivity index (χ1) is 21.0. The lowest BCUT2D eigenvalue weighted by molar-refractivity contribution is -0.140. The van der Waals surface area contributed by atoms with Gasteiger partial charge < -0.3 is 15.0 Å². The molecule has 1 saturated carbocycles. The summed E-state index contributed by atoms with van der Waals surface area (Å²) in [6.07, 6.45) is 5.38. The van der Waals surface area contributed by atoms with Crippen molar-refractivity contribution in [3.63, 3.8) is 0 Å². The van der Waals surface area contributed by atoms with Crippen LogP contribution in [0, 0.1) is 6.92 Å². The van der Waals surface area contributed by atoms with Gasteiger partial charge in [0, 0.05) is 12.6 Å². The number of nitrogens with one attached hydrogen (secondary N) is 1. The van der Waals surface area contributed by atoms with Crippen LogP contribution in [0.1, 0.15) is 56.6 Å². The van der Waals surface area contributed by atoms with Gasteiger partial charge in [0.05, 0.1) is 27.7 Å². The van der Waals surface area contributed by atoms with Gasteiger partial charge in [-0.3, -0.25) is 13.9 Å². The molecule has 8 nitrogen and oxygen atoms in total. The molecule has 4 rings (SSSR count). The molecular weight excluding hydrogens is 621 g/mol. The van der Waals surface area contributed by atoms with Gasteiger partial charge in [0.15, 0.2) is 0 Å². The van der Waals surface area contributed by atoms with E-state index in [0.717, 1.165) is 47.5 Å². The summed E-state index contributed by atoms with van der Waals surface area (Å²) in [4.78, 5) is 29.5. The Hall–Kier alpha value is -3.27. The first-order valence-electron chi connectivity index (χ1n) is 14.8. The summed E-state index contributed by atoms with van der Waals surface area (Å²) in [6.45, 7) is 3.24. The third-order valence-corrected chi connectivity index (χ3v) is 10.5. The predicted octanol–water partition coefficient (Wildman–Crippen LogP) is 6.76. The van der Waals surface area contributed by atoms with Crippen molar-refractivity contribution in [2.75, 3.05) is 18.0 Å². The molecule has 3 aromatic carbocycles. The van der Waals surface area contributed by atoms with E-state index in [9.17, 15) is 18.0 Å². The van der Waals surface area contributed by atoms with Gasteiger partial charge in [-0.15, -0.1) is 0 Å². The number of anilines is 1. The average molecular weight is 661 g/mol. The Kier molecular flexibility index (Phi) is 11.6. The van der Waals surface area contributed by atoms with Crippen LogP contribution in [0.5, 0.6) is 5.75 Å². The number of aryl methyl sites for hydroxylation is 1. The topological polar surface area (TPSA) is 96.0 Å². The lowest BCUT2D eigenvalue weighted by atomic mass is 9.95. The van der Waals surface area contributed by atoms with E-state index < -0.39 is 28.5 Å². The number of hydrogen-bond acceptors (Lipinski definition) is 5. The molecule has 0 heterocycles. The van der Waals surface area contributed by atoms with Gasteiger partial charge in [-0.2, -0.15) is 0 Å². The third kappa shape index (κ3) is 8.25. The average Bonchev–Trinajstić information content (AvgIpc) is 3.02. The van der Waals surface area contributed by atoms with Crippen molar-refractivity contribution >= 4 is 50.7 Å². The summed E-state index contributed by atoms with van der Waals surface area (Å²) >= 11 is 12.4. The predicted molar refractivity (Wildman–Crippen MR) is 175 cm³/mol. The van der Waals surface area contributed by atoms with Crippen LogP contribution < -0.4 is 14.4 Å². The fourth-order valence-electron chi connectivity index (χ4n) is 5.40. The maximum atomic E-state index is 14.3. The van der Waals surface area contributed by atoms with Crippen LogP contribution >= 0.6 is 23.2 Å². The second-order valence-corrected chi connectivity index (χ2v) is 13.7. The second-order valence-electron chi connectivity index (χ2n) is 11.1. The minimum atomic E-state index is -4.22. The molecule has 3 aromatic rings. The fourth-order valence-corrected chi connectivity index (χ4v) is 7.10. The molecule has 11 heteroatoms. The number of rotatable bonds is 12. The Labute approximate surface area is 270 Å². The lowest BCUT2D eigenvalue weighted by Gasteiger charge is -2.34. The normalized spacial score (nSPS) is 14.5. The number of ether oxygens (including phenoxy) is 1. The number of benzene rings is 3. The minimum absolute atomic E-state index is 0.0192. The van der Waals surface area contributed by atoms with E-state index in [4.69, 9.17) is 27.9 Å². The molecule has 0 spiro atoms. The number of methoxy groups -OCH3 is 1. The van der Waals surface area contributed by atoms with E-state index in [1.54, 1.807) is 31.4 Å². The molecule has 1 aliphatic carbocycles. The monoisotopic (exact) mass is 659 g/mol. The highest BCUT2D eigenvalue weighted by Crippen LogP contribution is 2.31. The third-order valence-electron chi connectivity index (χ3n) is 7.93. The fraction of sp³-hybridized carbons (Fsp3) is 0.394. The molecular formula is C33H39Cl2N3O5S. The van der Waals surface area contributed by atoms with Crippen molar-refractivity contribution in [1.29, 1.82) is 0 Å². The molecule has 2 amide bonds. The Morgan fingerprint density at radius 1 is 0.955 bits per heavy atom. The van der Waals surface area contributed by atoms with E-state index in [1.807, 2.05) is 26.0 Å². The van der Waals surface area contributed by atoms with Crippen molar-refractivity contribution in [1.82, 2.24) is 10.2 Å². The maximum Gasteiger partial charge on any atom is 0.264 e. The summed E-state index contributed by atoms with van der Waals surface area (Å²) in [5.41, 5.74) is 1.84. The number of halogens is 2. The standard InChI is InChI=1S/C33H39Cl2N3O5S/c1-4-31(33(40)36-25-8-6-5-7-9-25)37(21-24-12-15-27(43-3)16-13-24)32(39)22-38(26-14-19-29(34)30(35)20-26)44(41,42)28-17-10-23(2)11-18-28/h10-20,25,31H,4-9,21-22H2,1-3H3,(H,36,40)/t31-/m1/s1. The van der Waals surface area contributed by atoms with Crippen LogP contribution in [0.15, 0.2) is 71.6 Å². The Morgan fingerprint density at radius 3 is 2.20 bits per heavy atom. The molecule has 1 aliphatic rings. The zero-order valence-electron chi connectivity index (χ0n) is 25.3. The van der Waals surface area contributed by atoms with Crippen LogP contribution in [0.2, 0.25) is 10.0 Å². The highest BCUT2D eigenvalue weighted by atomic mass is 35.5. The number of carbonyl (C=O) groups excluding carboxylic acids is 2. The summed E-state index contributed by atoms with van der Waals surface area (Å²) in [7, 11) is -2.65. The van der Waals surface area contributed by atoms with Gasteiger partial charge in [-0.1, -0.05) is 79.2 Å². The number of hydrogen-bond donors (Lipinski definition) is 1. The molecule has 0 unspecified atom stereocenters. The molecule has 236 valence electrons. The number of carbonyl (C=O) groups is 2. The molecule has 0 aliphatic heterocycles. The molecule has 0 aromatic heterocycles. The van der Waals surface area contributed by atoms with Gasteiger partial charge in [0.2, 0.25) is 11.8 Å². The lowest BCUT2D eigenvalue weighted by Crippen LogP contribution is -2.54. The van der Waals surface area contributed by atoms with E-state index in [-0.39, 0.29) is 39.1 Å². The highest BCUT2D eigenvalue weighted by molar-refractivity contribution is 7.92. The SMILES string of the molecule is CC[C@H](C(=O)NC1CCCCC1)N(Cc1ccc(OC)cc1)C(=O)CN(c1ccc(Cl)c(Cl)c1)S(=O)(=O)c1ccc(C)cc1. The van der Waals surface area contributed by atoms with Crippen LogP contribution in [0.25, 0.3) is 0 Å². The Bertz CT molecular complexity index is 1540. The molecule has 1 N–H and O–H groups in total. The first-order valence-corrected chi connectivity index (χ1v) is 17.0. The van der Waals surface area contributed by atoms with Crippen molar-refractivity contribution in [2.45, 2.75) is 75.9 Å². The van der Waals surface area contributed by atoms with Crippen LogP contribution in [-0.2, 0) is 26.2 Å². The second kappa shape index (κ2) is 15.1. The molecule has 44 heavy (non-hydrogen) atoms. The van der Waals surface area contributed by atoms with Gasteiger partial charge in [-0.25, -0.2) is 8.42 Å². The van der Waals surface area contributed by atoms with Crippen molar-refractivity contribution in [2.24, 2.45) is 0 Å². The quantitative estimate of drug-likeness (QED) is 0.232. The van der Waals surface area contributed by atoms with Crippen molar-refractivity contribution in [3.8, 4) is 5.75 Å². The molecule has 0 radical (unpaired) electrons. The zero-order chi connectivity index (χ0) is 31.9. The van der Waals surface area contributed by atoms with Crippen molar-refractivity contribution < 1.29 is 22.7 Å². The van der Waals surface area contributed by atoms with Gasteiger partial charge in [-0.05, 0) is 74.2 Å². The number of amides is 2. The van der Waals surface area contributed by atoms with Crippen LogP contribution in [-0.4, -0.2) is 50.9 Å². The number of sulfonamides is 1. The summed E-state index contributed by atoms with van der Waals surface area (Å²) in [6, 6.07) is 17.3. The first kappa shape index (κ1) is 33.6. The van der Waals surface area contributed by atoms with Gasteiger partial charge in [0.25, 0.3) is 10.0 Å². The number of nitrogens with zero attached hydrogens (tertiary/aromatic N) is 2. The Morgan fingerprint density at radius 2 is 1.61 bits per heavy atom. The van der Waals surface area contributed by atoms with Gasteiger partial charge >= 0.3 is 0 Å². The molecule has 1 atom stereocenters. The summed E-state index contributed by atoms with van der Waals surface area (Å²) in [5.74, 6) is -0.124. The molecule has 1 fully saturated rings. The summed E-state index contributed by atoms with van der Waals surface area (Å²) < 4.78 is 34.4. The molecule has 0 bridgehead atoms. The maximum absolute atomic E-state index is 14.3. The summed E-state index contributed by atoms with van der Waals surface area (Å²) in [5, 5.41) is 3.55. The largest absolute Gasteiger partial charge is 0.497 e. The van der Waals surface area contributed by atoms with E-state index in [0.29, 0.717) is 12.2 Å². The van der Waals surface area contributed by atoms with Gasteiger partial charge in [0.1, 0.15) is 18.3 Å². The van der Waals surface area contributed by atoms with Crippen LogP contribution in [0.3, 0.4) is 0 Å². The van der Waals surface area contributed by atoms with Crippen LogP contribution in [0.4, 0.5) is 5.69 Å². The van der Waals surface area contributed by atoms with Crippen molar-refractivity contribution in [3.05, 3.63) is 87.9 Å². The highest BCUT2D eigenvalue weighted by Gasteiger charge is 2.34. The van der Waals surface area contributed by atoms with E-state index in [1.165, 1.54) is 35.2 Å². The molecule has 0 saturated heterocycles. The zero-order valence-corrected chi connectivity index (χ0v) is 27.6. The minimum Gasteiger partial charge on any atom is -0.497 e. The van der Waals surface area contributed by atoms with E-state index >= 15 is 0 Å². The Balaban J connectivity index is 1.72.